The van der Waals surface area contributed by atoms with Crippen molar-refractivity contribution in [2.45, 2.75) is 24.7 Å². The fraction of sp³-hybridized carbons (Fsp3) is 0.500. The molecule has 0 aromatic heterocycles. The monoisotopic (exact) mass is 261 g/mol. The molecule has 0 saturated carbocycles. The summed E-state index contributed by atoms with van der Waals surface area (Å²) in [4.78, 5) is 53.5. The van der Waals surface area contributed by atoms with Crippen molar-refractivity contribution in [2.75, 3.05) is 0 Å². The van der Waals surface area contributed by atoms with Gasteiger partial charge in [-0.1, -0.05) is 0 Å². The van der Waals surface area contributed by atoms with Crippen LogP contribution in [0, 0.1) is 0 Å². The first kappa shape index (κ1) is 12.3. The number of aliphatic carboxylic acids is 1. The summed E-state index contributed by atoms with van der Waals surface area (Å²) in [6.07, 6.45) is -3.87. The first-order valence-corrected chi connectivity index (χ1v) is 4.69. The number of carboxylic acid groups (broad SMARTS) is 1. The summed E-state index contributed by atoms with van der Waals surface area (Å²) in [6.45, 7) is 0. The van der Waals surface area contributed by atoms with Crippen molar-refractivity contribution in [3.05, 3.63) is 0 Å². The van der Waals surface area contributed by atoms with Crippen LogP contribution in [0.1, 0.15) is 12.8 Å². The number of rotatable bonds is 1. The highest BCUT2D eigenvalue weighted by atomic mass is 17.0. The third-order valence-corrected chi connectivity index (χ3v) is 2.26. The van der Waals surface area contributed by atoms with Crippen LogP contribution in [0.2, 0.25) is 0 Å². The van der Waals surface area contributed by atoms with Gasteiger partial charge in [-0.15, -0.1) is 0 Å². The summed E-state index contributed by atoms with van der Waals surface area (Å²) >= 11 is 0. The van der Waals surface area contributed by atoms with E-state index in [1.165, 1.54) is 0 Å². The summed E-state index contributed by atoms with van der Waals surface area (Å²) in [5, 5.41) is 18.5. The molecule has 2 N–H and O–H groups in total. The van der Waals surface area contributed by atoms with Crippen LogP contribution < -0.4 is 0 Å². The quantitative estimate of drug-likeness (QED) is 0.495. The average molecular weight is 261 g/mol. The number of nitrogens with zero attached hydrogens (tertiary/aromatic N) is 1. The average Bonchev–Trinajstić information content (AvgIpc) is 2.28. The zero-order chi connectivity index (χ0) is 13.5. The molecule has 2 aliphatic heterocycles. The number of esters is 1. The molecule has 10 heteroatoms. The van der Waals surface area contributed by atoms with Crippen LogP contribution in [0.25, 0.3) is 0 Å². The minimum atomic E-state index is -2.42. The molecule has 2 fully saturated rings. The molecule has 98 valence electrons. The highest BCUT2D eigenvalue weighted by Gasteiger charge is 2.53. The van der Waals surface area contributed by atoms with E-state index < -0.39 is 48.5 Å². The number of carboxylic acids is 1. The summed E-state index contributed by atoms with van der Waals surface area (Å²) < 4.78 is 4.40. The lowest BCUT2D eigenvalue weighted by molar-refractivity contribution is -0.370. The molecule has 2 aliphatic rings. The molecule has 0 aromatic carbocycles. The van der Waals surface area contributed by atoms with E-state index in [2.05, 4.69) is 14.4 Å². The fourth-order valence-electron chi connectivity index (χ4n) is 1.45. The Morgan fingerprint density at radius 2 is 1.83 bits per heavy atom. The summed E-state index contributed by atoms with van der Waals surface area (Å²) in [7, 11) is 0. The summed E-state index contributed by atoms with van der Waals surface area (Å²) in [6, 6.07) is 0. The molecule has 2 rings (SSSR count). The molecule has 2 saturated heterocycles. The first-order chi connectivity index (χ1) is 8.32. The van der Waals surface area contributed by atoms with Gasteiger partial charge in [0.1, 0.15) is 0 Å². The molecular formula is C8H7NO9. The zero-order valence-corrected chi connectivity index (χ0v) is 8.69. The molecule has 0 spiro atoms. The van der Waals surface area contributed by atoms with E-state index in [1.54, 1.807) is 0 Å². The van der Waals surface area contributed by atoms with Crippen molar-refractivity contribution in [3.63, 3.8) is 0 Å². The van der Waals surface area contributed by atoms with Crippen LogP contribution >= 0.6 is 0 Å². The minimum Gasteiger partial charge on any atom is -0.477 e. The highest BCUT2D eigenvalue weighted by Crippen LogP contribution is 2.27. The van der Waals surface area contributed by atoms with Gasteiger partial charge in [0.25, 0.3) is 0 Å². The Morgan fingerprint density at radius 1 is 1.22 bits per heavy atom. The number of hydrogen-bond acceptors (Lipinski definition) is 9. The van der Waals surface area contributed by atoms with Crippen molar-refractivity contribution in [2.24, 2.45) is 0 Å². The number of fused-ring (bicyclic) bond motifs is 3. The van der Waals surface area contributed by atoms with Crippen LogP contribution in [0.15, 0.2) is 0 Å². The second-order valence-electron chi connectivity index (χ2n) is 3.69. The van der Waals surface area contributed by atoms with Crippen molar-refractivity contribution in [1.82, 2.24) is 5.23 Å². The predicted molar refractivity (Wildman–Crippen MR) is 45.7 cm³/mol. The van der Waals surface area contributed by atoms with Crippen molar-refractivity contribution < 1.29 is 43.8 Å². The predicted octanol–water partition coefficient (Wildman–Crippen LogP) is -2.30. The Hall–Kier alpha value is -2.20. The highest BCUT2D eigenvalue weighted by molar-refractivity contribution is 5.92. The van der Waals surface area contributed by atoms with Crippen molar-refractivity contribution >= 4 is 23.9 Å². The lowest BCUT2D eigenvalue weighted by atomic mass is 9.96. The Balaban J connectivity index is 2.42. The number of carbonyl (C=O) groups is 4. The van der Waals surface area contributed by atoms with Gasteiger partial charge in [0.2, 0.25) is 0 Å². The molecule has 3 atom stereocenters. The maximum atomic E-state index is 11.5. The molecule has 0 aromatic rings. The van der Waals surface area contributed by atoms with Gasteiger partial charge < -0.3 is 24.6 Å². The van der Waals surface area contributed by atoms with Crippen LogP contribution in [-0.4, -0.2) is 51.1 Å². The van der Waals surface area contributed by atoms with Gasteiger partial charge in [0.15, 0.2) is 5.60 Å². The third kappa shape index (κ3) is 1.98. The smallest absolute Gasteiger partial charge is 0.367 e. The van der Waals surface area contributed by atoms with Crippen LogP contribution in [0.3, 0.4) is 0 Å². The van der Waals surface area contributed by atoms with Crippen molar-refractivity contribution in [3.8, 4) is 0 Å². The first-order valence-electron chi connectivity index (χ1n) is 4.69. The van der Waals surface area contributed by atoms with Crippen LogP contribution in [0.5, 0.6) is 0 Å². The van der Waals surface area contributed by atoms with E-state index in [4.69, 9.17) is 5.11 Å². The van der Waals surface area contributed by atoms with Crippen LogP contribution in [-0.2, 0) is 33.6 Å². The molecule has 10 nitrogen and oxygen atoms in total. The van der Waals surface area contributed by atoms with E-state index in [0.29, 0.717) is 0 Å². The Kier molecular flexibility index (Phi) is 2.67. The van der Waals surface area contributed by atoms with Gasteiger partial charge in [-0.2, -0.15) is 0 Å². The molecule has 18 heavy (non-hydrogen) atoms. The normalized spacial score (nSPS) is 35.7. The third-order valence-electron chi connectivity index (χ3n) is 2.26. The maximum Gasteiger partial charge on any atom is 0.367 e. The van der Waals surface area contributed by atoms with E-state index in [0.717, 1.165) is 0 Å². The number of hydroxylamine groups is 2. The number of carbonyl (C=O) groups excluding carboxylic acids is 3. The maximum absolute atomic E-state index is 11.5. The standard InChI is InChI=1S/C8H7NO9/c10-3-1-8(15)2-4(11)17-9(18-7(8)14)5(16-3)6(12)13/h5,15H,1-2H2,(H,12,13). The van der Waals surface area contributed by atoms with E-state index in [1.807, 2.05) is 0 Å². The number of aliphatic hydroxyl groups is 1. The fourth-order valence-corrected chi connectivity index (χ4v) is 1.45. The Bertz CT molecular complexity index is 446. The molecule has 3 unspecified atom stereocenters. The summed E-state index contributed by atoms with van der Waals surface area (Å²) in [5.74, 6) is -5.38. The number of hydrogen-bond donors (Lipinski definition) is 2. The van der Waals surface area contributed by atoms with E-state index >= 15 is 0 Å². The second-order valence-corrected chi connectivity index (χ2v) is 3.69. The van der Waals surface area contributed by atoms with Gasteiger partial charge in [-0.3, -0.25) is 9.59 Å². The summed E-state index contributed by atoms with van der Waals surface area (Å²) in [5.41, 5.74) is -2.42. The SMILES string of the molecule is O=C1CC2(O)CC(=O)ON(OC2=O)C(C(=O)O)O1. The van der Waals surface area contributed by atoms with Gasteiger partial charge in [-0.25, -0.2) is 9.59 Å². The van der Waals surface area contributed by atoms with Crippen LogP contribution in [0.4, 0.5) is 0 Å². The molecule has 0 amide bonds. The Labute approximate surface area is 98.5 Å². The lowest BCUT2D eigenvalue weighted by Gasteiger charge is -2.27. The molecular weight excluding hydrogens is 254 g/mol. The number of cyclic esters (lactones) is 1. The second kappa shape index (κ2) is 3.92. The zero-order valence-electron chi connectivity index (χ0n) is 8.69. The van der Waals surface area contributed by atoms with E-state index in [-0.39, 0.29) is 5.23 Å². The number of ether oxygens (including phenoxy) is 1. The van der Waals surface area contributed by atoms with E-state index in [9.17, 15) is 24.3 Å². The lowest BCUT2D eigenvalue weighted by Crippen LogP contribution is -2.51. The van der Waals surface area contributed by atoms with Gasteiger partial charge in [0, 0.05) is 0 Å². The van der Waals surface area contributed by atoms with Crippen molar-refractivity contribution in [1.29, 1.82) is 0 Å². The Morgan fingerprint density at radius 3 is 2.44 bits per heavy atom. The van der Waals surface area contributed by atoms with Gasteiger partial charge in [-0.05, 0) is 0 Å². The topological polar surface area (TPSA) is 140 Å². The molecule has 2 bridgehead atoms. The largest absolute Gasteiger partial charge is 0.477 e. The molecule has 2 heterocycles. The van der Waals surface area contributed by atoms with Gasteiger partial charge >= 0.3 is 30.1 Å². The van der Waals surface area contributed by atoms with Gasteiger partial charge in [0.05, 0.1) is 18.1 Å². The molecule has 0 aliphatic carbocycles. The minimum absolute atomic E-state index is 0.0674. The molecule has 0 radical (unpaired) electrons.